The molecule has 0 spiro atoms. The van der Waals surface area contributed by atoms with E-state index < -0.39 is 0 Å². The molecule has 0 saturated heterocycles. The molecule has 0 amide bonds. The molecule has 3 nitrogen and oxygen atoms in total. The molecule has 0 fully saturated rings. The third kappa shape index (κ3) is 4.87. The summed E-state index contributed by atoms with van der Waals surface area (Å²) in [6.45, 7) is 3.55. The zero-order chi connectivity index (χ0) is 7.28. The molecule has 0 bridgehead atoms. The van der Waals surface area contributed by atoms with E-state index in [1.807, 2.05) is 14.1 Å². The van der Waals surface area contributed by atoms with Crippen molar-refractivity contribution in [2.75, 3.05) is 21.2 Å². The van der Waals surface area contributed by atoms with Crippen molar-refractivity contribution >= 4 is 6.21 Å². The number of rotatable bonds is 3. The molecule has 52 valence electrons. The molecular weight excluding hydrogens is 116 g/mol. The minimum absolute atomic E-state index is 0.559. The second-order valence-electron chi connectivity index (χ2n) is 1.76. The SMILES string of the molecule is C=C(/C=N/N(C)C)OC. The third-order valence-electron chi connectivity index (χ3n) is 0.695. The summed E-state index contributed by atoms with van der Waals surface area (Å²) < 4.78 is 4.73. The molecule has 0 aromatic carbocycles. The molecule has 0 unspecified atom stereocenters. The average molecular weight is 128 g/mol. The summed E-state index contributed by atoms with van der Waals surface area (Å²) in [5, 5.41) is 5.55. The third-order valence-corrected chi connectivity index (χ3v) is 0.695. The van der Waals surface area contributed by atoms with Gasteiger partial charge in [-0.3, -0.25) is 0 Å². The number of methoxy groups -OCH3 is 1. The normalized spacial score (nSPS) is 9.67. The summed E-state index contributed by atoms with van der Waals surface area (Å²) in [5.74, 6) is 0.559. The van der Waals surface area contributed by atoms with E-state index >= 15 is 0 Å². The fraction of sp³-hybridized carbons (Fsp3) is 0.500. The lowest BCUT2D eigenvalue weighted by Crippen LogP contribution is -2.02. The van der Waals surface area contributed by atoms with E-state index in [2.05, 4.69) is 11.7 Å². The summed E-state index contributed by atoms with van der Waals surface area (Å²) in [4.78, 5) is 0. The van der Waals surface area contributed by atoms with E-state index in [4.69, 9.17) is 4.74 Å². The van der Waals surface area contributed by atoms with Crippen LogP contribution in [-0.2, 0) is 4.74 Å². The maximum Gasteiger partial charge on any atom is 0.131 e. The van der Waals surface area contributed by atoms with Gasteiger partial charge in [0.1, 0.15) is 5.76 Å². The molecule has 0 rings (SSSR count). The van der Waals surface area contributed by atoms with E-state index in [1.54, 1.807) is 18.3 Å². The van der Waals surface area contributed by atoms with Crippen molar-refractivity contribution in [3.63, 3.8) is 0 Å². The van der Waals surface area contributed by atoms with Gasteiger partial charge in [-0.05, 0) is 0 Å². The second-order valence-corrected chi connectivity index (χ2v) is 1.76. The van der Waals surface area contributed by atoms with Gasteiger partial charge in [0.25, 0.3) is 0 Å². The lowest BCUT2D eigenvalue weighted by molar-refractivity contribution is 0.316. The number of nitrogens with zero attached hydrogens (tertiary/aromatic N) is 2. The van der Waals surface area contributed by atoms with Crippen LogP contribution in [0.1, 0.15) is 0 Å². The van der Waals surface area contributed by atoms with Gasteiger partial charge in [-0.25, -0.2) is 0 Å². The van der Waals surface area contributed by atoms with Crippen molar-refractivity contribution in [3.05, 3.63) is 12.3 Å². The zero-order valence-corrected chi connectivity index (χ0v) is 6.09. The summed E-state index contributed by atoms with van der Waals surface area (Å²) in [5.41, 5.74) is 0. The standard InChI is InChI=1S/C6H12N2O/c1-6(9-4)5-7-8(2)3/h5H,1H2,2-4H3/b7-5+. The first-order chi connectivity index (χ1) is 4.16. The Balaban J connectivity index is 3.57. The van der Waals surface area contributed by atoms with Crippen molar-refractivity contribution in [1.82, 2.24) is 5.01 Å². The first-order valence-corrected chi connectivity index (χ1v) is 2.61. The van der Waals surface area contributed by atoms with Gasteiger partial charge in [0.05, 0.1) is 13.3 Å². The van der Waals surface area contributed by atoms with Crippen LogP contribution in [0.25, 0.3) is 0 Å². The van der Waals surface area contributed by atoms with Gasteiger partial charge in [-0.15, -0.1) is 0 Å². The molecule has 3 heteroatoms. The number of allylic oxidation sites excluding steroid dienone is 1. The summed E-state index contributed by atoms with van der Waals surface area (Å²) in [6.07, 6.45) is 1.56. The van der Waals surface area contributed by atoms with Crippen LogP contribution in [0.15, 0.2) is 17.4 Å². The Labute approximate surface area is 55.6 Å². The van der Waals surface area contributed by atoms with Gasteiger partial charge < -0.3 is 9.75 Å². The van der Waals surface area contributed by atoms with Crippen molar-refractivity contribution < 1.29 is 4.74 Å². The highest BCUT2D eigenvalue weighted by molar-refractivity contribution is 5.74. The highest BCUT2D eigenvalue weighted by atomic mass is 16.5. The van der Waals surface area contributed by atoms with Gasteiger partial charge in [-0.2, -0.15) is 5.10 Å². The van der Waals surface area contributed by atoms with Crippen molar-refractivity contribution in [3.8, 4) is 0 Å². The van der Waals surface area contributed by atoms with E-state index in [-0.39, 0.29) is 0 Å². The van der Waals surface area contributed by atoms with Crippen LogP contribution in [-0.4, -0.2) is 32.4 Å². The predicted molar refractivity (Wildman–Crippen MR) is 38.3 cm³/mol. The number of ether oxygens (including phenoxy) is 1. The minimum atomic E-state index is 0.559. The monoisotopic (exact) mass is 128 g/mol. The highest BCUT2D eigenvalue weighted by Gasteiger charge is 1.81. The largest absolute Gasteiger partial charge is 0.496 e. The molecule has 0 heterocycles. The summed E-state index contributed by atoms with van der Waals surface area (Å²) in [7, 11) is 5.23. The van der Waals surface area contributed by atoms with Crippen LogP contribution >= 0.6 is 0 Å². The molecule has 0 aromatic rings. The topological polar surface area (TPSA) is 24.8 Å². The molecule has 0 N–H and O–H groups in total. The summed E-state index contributed by atoms with van der Waals surface area (Å²) in [6, 6.07) is 0. The molecule has 9 heavy (non-hydrogen) atoms. The Bertz CT molecular complexity index is 118. The van der Waals surface area contributed by atoms with Crippen molar-refractivity contribution in [1.29, 1.82) is 0 Å². The average Bonchev–Trinajstić information content (AvgIpc) is 1.83. The number of hydrogen-bond donors (Lipinski definition) is 0. The quantitative estimate of drug-likeness (QED) is 0.317. The van der Waals surface area contributed by atoms with Gasteiger partial charge in [-0.1, -0.05) is 6.58 Å². The fourth-order valence-electron chi connectivity index (χ4n) is 0.233. The van der Waals surface area contributed by atoms with Crippen molar-refractivity contribution in [2.24, 2.45) is 5.10 Å². The maximum absolute atomic E-state index is 4.73. The lowest BCUT2D eigenvalue weighted by Gasteiger charge is -2.02. The Kier molecular flexibility index (Phi) is 3.51. The Morgan fingerprint density at radius 2 is 2.22 bits per heavy atom. The fourth-order valence-corrected chi connectivity index (χ4v) is 0.233. The molecule has 0 aliphatic rings. The van der Waals surface area contributed by atoms with Crippen LogP contribution in [0.5, 0.6) is 0 Å². The van der Waals surface area contributed by atoms with Crippen LogP contribution < -0.4 is 0 Å². The zero-order valence-electron chi connectivity index (χ0n) is 6.09. The smallest absolute Gasteiger partial charge is 0.131 e. The highest BCUT2D eigenvalue weighted by Crippen LogP contribution is 1.84. The van der Waals surface area contributed by atoms with Gasteiger partial charge >= 0.3 is 0 Å². The van der Waals surface area contributed by atoms with E-state index in [0.717, 1.165) is 0 Å². The van der Waals surface area contributed by atoms with Gasteiger partial charge in [0, 0.05) is 14.1 Å². The van der Waals surface area contributed by atoms with E-state index in [1.165, 1.54) is 0 Å². The first kappa shape index (κ1) is 8.01. The predicted octanol–water partition coefficient (Wildman–Crippen LogP) is 0.694. The molecule has 0 saturated carbocycles. The van der Waals surface area contributed by atoms with E-state index in [0.29, 0.717) is 5.76 Å². The molecular formula is C6H12N2O. The maximum atomic E-state index is 4.73. The van der Waals surface area contributed by atoms with Crippen LogP contribution in [0.4, 0.5) is 0 Å². The molecule has 0 radical (unpaired) electrons. The van der Waals surface area contributed by atoms with Gasteiger partial charge in [0.15, 0.2) is 0 Å². The van der Waals surface area contributed by atoms with Crippen LogP contribution in [0.3, 0.4) is 0 Å². The minimum Gasteiger partial charge on any atom is -0.496 e. The van der Waals surface area contributed by atoms with Crippen molar-refractivity contribution in [2.45, 2.75) is 0 Å². The molecule has 0 aromatic heterocycles. The molecule has 0 aliphatic carbocycles. The van der Waals surface area contributed by atoms with Gasteiger partial charge in [0.2, 0.25) is 0 Å². The molecule has 0 aliphatic heterocycles. The second kappa shape index (κ2) is 3.95. The number of hydrazone groups is 1. The summed E-state index contributed by atoms with van der Waals surface area (Å²) >= 11 is 0. The van der Waals surface area contributed by atoms with Crippen LogP contribution in [0.2, 0.25) is 0 Å². The first-order valence-electron chi connectivity index (χ1n) is 2.61. The molecule has 0 atom stereocenters. The number of hydrogen-bond acceptors (Lipinski definition) is 3. The Morgan fingerprint density at radius 3 is 2.56 bits per heavy atom. The van der Waals surface area contributed by atoms with Crippen LogP contribution in [0, 0.1) is 0 Å². The Hall–Kier alpha value is -0.990. The van der Waals surface area contributed by atoms with E-state index in [9.17, 15) is 0 Å². The lowest BCUT2D eigenvalue weighted by atomic mass is 10.6. The Morgan fingerprint density at radius 1 is 1.67 bits per heavy atom.